The lowest BCUT2D eigenvalue weighted by Crippen LogP contribution is -2.48. The van der Waals surface area contributed by atoms with E-state index in [4.69, 9.17) is 5.73 Å². The number of hydrogen-bond acceptors (Lipinski definition) is 4. The van der Waals surface area contributed by atoms with Crippen LogP contribution in [0.3, 0.4) is 0 Å². The van der Waals surface area contributed by atoms with E-state index in [9.17, 15) is 9.59 Å². The van der Waals surface area contributed by atoms with E-state index in [2.05, 4.69) is 15.6 Å². The molecular formula is C17H20N4O2S. The van der Waals surface area contributed by atoms with Crippen molar-refractivity contribution in [1.82, 2.24) is 10.3 Å². The summed E-state index contributed by atoms with van der Waals surface area (Å²) in [6.45, 7) is 0. The minimum Gasteiger partial charge on any atom is -0.369 e. The van der Waals surface area contributed by atoms with Gasteiger partial charge in [0.05, 0.1) is 11.6 Å². The van der Waals surface area contributed by atoms with Gasteiger partial charge in [-0.05, 0) is 12.8 Å². The Bertz CT molecular complexity index is 716. The van der Waals surface area contributed by atoms with Gasteiger partial charge in [0.2, 0.25) is 5.91 Å². The van der Waals surface area contributed by atoms with E-state index in [0.29, 0.717) is 5.13 Å². The summed E-state index contributed by atoms with van der Waals surface area (Å²) < 4.78 is 0. The van der Waals surface area contributed by atoms with Crippen LogP contribution in [0.25, 0.3) is 11.3 Å². The lowest BCUT2D eigenvalue weighted by Gasteiger charge is -2.29. The van der Waals surface area contributed by atoms with Crippen molar-refractivity contribution >= 4 is 28.4 Å². The smallest absolute Gasteiger partial charge is 0.321 e. The Kier molecular flexibility index (Phi) is 5.10. The summed E-state index contributed by atoms with van der Waals surface area (Å²) in [5, 5.41) is 8.03. The molecule has 2 atom stereocenters. The average Bonchev–Trinajstić information content (AvgIpc) is 3.04. The van der Waals surface area contributed by atoms with Crippen LogP contribution in [0.5, 0.6) is 0 Å². The van der Waals surface area contributed by atoms with Gasteiger partial charge in [0, 0.05) is 17.0 Å². The van der Waals surface area contributed by atoms with Crippen molar-refractivity contribution in [3.63, 3.8) is 0 Å². The van der Waals surface area contributed by atoms with Crippen molar-refractivity contribution < 1.29 is 9.59 Å². The number of nitrogens with zero attached hydrogens (tertiary/aromatic N) is 1. The molecule has 0 radical (unpaired) electrons. The molecule has 126 valence electrons. The zero-order chi connectivity index (χ0) is 16.9. The van der Waals surface area contributed by atoms with Crippen LogP contribution >= 0.6 is 11.3 Å². The molecule has 1 heterocycles. The maximum Gasteiger partial charge on any atom is 0.321 e. The quantitative estimate of drug-likeness (QED) is 0.795. The third kappa shape index (κ3) is 3.91. The SMILES string of the molecule is NC(=O)[C@H]1CCCC[C@@H]1NC(=O)Nc1nc(-c2ccccc2)cs1. The Balaban J connectivity index is 1.61. The molecule has 1 aliphatic carbocycles. The summed E-state index contributed by atoms with van der Waals surface area (Å²) in [7, 11) is 0. The molecule has 0 unspecified atom stereocenters. The van der Waals surface area contributed by atoms with Gasteiger partial charge in [0.1, 0.15) is 0 Å². The number of anilines is 1. The highest BCUT2D eigenvalue weighted by Crippen LogP contribution is 2.26. The lowest BCUT2D eigenvalue weighted by atomic mass is 9.84. The van der Waals surface area contributed by atoms with Gasteiger partial charge >= 0.3 is 6.03 Å². The number of benzene rings is 1. The number of urea groups is 1. The first-order valence-electron chi connectivity index (χ1n) is 8.01. The lowest BCUT2D eigenvalue weighted by molar-refractivity contribution is -0.123. The molecule has 1 fully saturated rings. The zero-order valence-electron chi connectivity index (χ0n) is 13.2. The highest BCUT2D eigenvalue weighted by Gasteiger charge is 2.30. The number of hydrogen-bond donors (Lipinski definition) is 3. The topological polar surface area (TPSA) is 97.1 Å². The van der Waals surface area contributed by atoms with Crippen LogP contribution in [-0.2, 0) is 4.79 Å². The van der Waals surface area contributed by atoms with Crippen LogP contribution in [0.2, 0.25) is 0 Å². The molecular weight excluding hydrogens is 324 g/mol. The van der Waals surface area contributed by atoms with E-state index in [-0.39, 0.29) is 23.9 Å². The van der Waals surface area contributed by atoms with Gasteiger partial charge in [-0.3, -0.25) is 10.1 Å². The Morgan fingerprint density at radius 1 is 1.17 bits per heavy atom. The number of aromatic nitrogens is 1. The molecule has 0 saturated heterocycles. The molecule has 1 saturated carbocycles. The van der Waals surface area contributed by atoms with Crippen LogP contribution in [0, 0.1) is 5.92 Å². The fraction of sp³-hybridized carbons (Fsp3) is 0.353. The van der Waals surface area contributed by atoms with E-state index >= 15 is 0 Å². The molecule has 0 spiro atoms. The Morgan fingerprint density at radius 3 is 2.67 bits per heavy atom. The number of carbonyl (C=O) groups excluding carboxylic acids is 2. The van der Waals surface area contributed by atoms with E-state index in [1.54, 1.807) is 0 Å². The van der Waals surface area contributed by atoms with Crippen molar-refractivity contribution in [2.75, 3.05) is 5.32 Å². The van der Waals surface area contributed by atoms with Crippen LogP contribution in [0.1, 0.15) is 25.7 Å². The monoisotopic (exact) mass is 344 g/mol. The number of carbonyl (C=O) groups is 2. The van der Waals surface area contributed by atoms with Crippen molar-refractivity contribution in [3.8, 4) is 11.3 Å². The first-order chi connectivity index (χ1) is 11.6. The standard InChI is InChI=1S/C17H20N4O2S/c18-15(22)12-8-4-5-9-13(12)19-16(23)21-17-20-14(10-24-17)11-6-2-1-3-7-11/h1-3,6-7,10,12-13H,4-5,8-9H2,(H2,18,22)(H2,19,20,21,23)/t12-,13-/m0/s1. The molecule has 1 aliphatic rings. The molecule has 1 aromatic carbocycles. The molecule has 6 nitrogen and oxygen atoms in total. The van der Waals surface area contributed by atoms with Gasteiger partial charge in [-0.25, -0.2) is 9.78 Å². The van der Waals surface area contributed by atoms with Gasteiger partial charge < -0.3 is 11.1 Å². The molecule has 7 heteroatoms. The second-order valence-electron chi connectivity index (χ2n) is 5.90. The second kappa shape index (κ2) is 7.44. The number of rotatable bonds is 4. The van der Waals surface area contributed by atoms with Gasteiger partial charge in [0.25, 0.3) is 0 Å². The van der Waals surface area contributed by atoms with Crippen LogP contribution in [0.4, 0.5) is 9.93 Å². The number of thiazole rings is 1. The van der Waals surface area contributed by atoms with Gasteiger partial charge in [-0.1, -0.05) is 43.2 Å². The Hall–Kier alpha value is -2.41. The first-order valence-corrected chi connectivity index (χ1v) is 8.89. The fourth-order valence-corrected chi connectivity index (χ4v) is 3.73. The highest BCUT2D eigenvalue weighted by atomic mass is 32.1. The summed E-state index contributed by atoms with van der Waals surface area (Å²) >= 11 is 1.37. The summed E-state index contributed by atoms with van der Waals surface area (Å²) in [5.41, 5.74) is 7.26. The van der Waals surface area contributed by atoms with E-state index in [1.807, 2.05) is 35.7 Å². The molecule has 3 amide bonds. The predicted octanol–water partition coefficient (Wildman–Crippen LogP) is 2.98. The minimum absolute atomic E-state index is 0.204. The molecule has 0 bridgehead atoms. The van der Waals surface area contributed by atoms with E-state index < -0.39 is 0 Å². The largest absolute Gasteiger partial charge is 0.369 e. The highest BCUT2D eigenvalue weighted by molar-refractivity contribution is 7.14. The van der Waals surface area contributed by atoms with E-state index in [1.165, 1.54) is 11.3 Å². The molecule has 1 aromatic heterocycles. The van der Waals surface area contributed by atoms with Crippen molar-refractivity contribution in [3.05, 3.63) is 35.7 Å². The predicted molar refractivity (Wildman–Crippen MR) is 94.6 cm³/mol. The van der Waals surface area contributed by atoms with Crippen LogP contribution < -0.4 is 16.4 Å². The summed E-state index contributed by atoms with van der Waals surface area (Å²) in [5.74, 6) is -0.638. The van der Waals surface area contributed by atoms with Gasteiger partial charge in [-0.2, -0.15) is 0 Å². The third-order valence-electron chi connectivity index (χ3n) is 4.24. The van der Waals surface area contributed by atoms with Crippen molar-refractivity contribution in [2.45, 2.75) is 31.7 Å². The molecule has 24 heavy (non-hydrogen) atoms. The number of amides is 3. The first kappa shape index (κ1) is 16.4. The van der Waals surface area contributed by atoms with Gasteiger partial charge in [0.15, 0.2) is 5.13 Å². The Morgan fingerprint density at radius 2 is 1.92 bits per heavy atom. The molecule has 2 aromatic rings. The second-order valence-corrected chi connectivity index (χ2v) is 6.76. The number of nitrogens with two attached hydrogens (primary N) is 1. The van der Waals surface area contributed by atoms with Gasteiger partial charge in [-0.15, -0.1) is 11.3 Å². The normalized spacial score (nSPS) is 20.3. The maximum atomic E-state index is 12.2. The molecule has 3 rings (SSSR count). The summed E-state index contributed by atoms with van der Waals surface area (Å²) in [6.07, 6.45) is 3.47. The van der Waals surface area contributed by atoms with Crippen molar-refractivity contribution in [2.24, 2.45) is 11.7 Å². The van der Waals surface area contributed by atoms with Crippen LogP contribution in [0.15, 0.2) is 35.7 Å². The number of nitrogens with one attached hydrogen (secondary N) is 2. The maximum absolute atomic E-state index is 12.2. The molecule has 0 aliphatic heterocycles. The molecule has 4 N–H and O–H groups in total. The minimum atomic E-state index is -0.347. The fourth-order valence-electron chi connectivity index (χ4n) is 3.02. The average molecular weight is 344 g/mol. The van der Waals surface area contributed by atoms with Crippen LogP contribution in [-0.4, -0.2) is 23.0 Å². The third-order valence-corrected chi connectivity index (χ3v) is 5.00. The number of primary amides is 1. The van der Waals surface area contributed by atoms with Crippen molar-refractivity contribution in [1.29, 1.82) is 0 Å². The van der Waals surface area contributed by atoms with E-state index in [0.717, 1.165) is 36.9 Å². The zero-order valence-corrected chi connectivity index (χ0v) is 14.0. The Labute approximate surface area is 144 Å². The summed E-state index contributed by atoms with van der Waals surface area (Å²) in [6, 6.07) is 9.23. The summed E-state index contributed by atoms with van der Waals surface area (Å²) in [4.78, 5) is 28.1.